The molecule has 0 unspecified atom stereocenters. The third-order valence-electron chi connectivity index (χ3n) is 5.62. The fourth-order valence-corrected chi connectivity index (χ4v) is 4.83. The fourth-order valence-electron chi connectivity index (χ4n) is 3.82. The highest BCUT2D eigenvalue weighted by atomic mass is 32.2. The third kappa shape index (κ3) is 6.35. The first-order chi connectivity index (χ1) is 18.6. The molecule has 0 bridgehead atoms. The maximum absolute atomic E-state index is 7.87. The van der Waals surface area contributed by atoms with Crippen molar-refractivity contribution in [2.24, 2.45) is 0 Å². The van der Waals surface area contributed by atoms with E-state index in [1.807, 2.05) is 86.0 Å². The summed E-state index contributed by atoms with van der Waals surface area (Å²) in [7, 11) is 0. The molecule has 0 aliphatic heterocycles. The Balaban J connectivity index is 1.35. The lowest BCUT2D eigenvalue weighted by molar-refractivity contribution is 0.295. The molecule has 0 aliphatic rings. The first-order valence-corrected chi connectivity index (χ1v) is 14.1. The Bertz CT molecular complexity index is 1530. The normalized spacial score (nSPS) is 11.0. The summed E-state index contributed by atoms with van der Waals surface area (Å²) in [4.78, 5) is 7.58. The molecule has 0 saturated carbocycles. The van der Waals surface area contributed by atoms with Crippen molar-refractivity contribution in [3.05, 3.63) is 90.1 Å². The number of imidazole rings is 1. The number of fused-ring (bicyclic) bond motifs is 1. The molecule has 2 N–H and O–H groups in total. The van der Waals surface area contributed by atoms with Crippen LogP contribution >= 0.6 is 23.5 Å². The van der Waals surface area contributed by atoms with Crippen molar-refractivity contribution in [3.63, 3.8) is 0 Å². The minimum Gasteiger partial charge on any atom is -0.494 e. The summed E-state index contributed by atoms with van der Waals surface area (Å²) in [5.41, 5.74) is 3.48. The molecular formula is C29H27N3O4S2. The topological polar surface area (TPSA) is 93.4 Å². The molecule has 0 saturated heterocycles. The Morgan fingerprint density at radius 3 is 2.55 bits per heavy atom. The second-order valence-electron chi connectivity index (χ2n) is 8.28. The number of H-pyrrole nitrogens is 1. The molecule has 0 radical (unpaired) electrons. The zero-order valence-electron chi connectivity index (χ0n) is 21.0. The first-order valence-electron chi connectivity index (χ1n) is 12.1. The SMILES string of the molecule is CCOc1cc(OCc2cccc(OCc3ccccc3)c2)c2cc(-c3cnc(SC(=N)SC)[nH]3)oc2c1. The highest BCUT2D eigenvalue weighted by Gasteiger charge is 2.16. The van der Waals surface area contributed by atoms with Crippen molar-refractivity contribution < 1.29 is 18.6 Å². The minimum atomic E-state index is 0.357. The average molecular weight is 546 g/mol. The Hall–Kier alpha value is -3.82. The summed E-state index contributed by atoms with van der Waals surface area (Å²) in [6.45, 7) is 3.33. The Labute approximate surface area is 229 Å². The summed E-state index contributed by atoms with van der Waals surface area (Å²) >= 11 is 2.64. The Morgan fingerprint density at radius 2 is 1.74 bits per heavy atom. The standard InChI is InChI=1S/C29H27N3O4S2/c1-3-33-22-13-25(35-18-20-10-7-11-21(12-20)34-17-19-8-5-4-6-9-19)23-15-27(36-26(23)14-22)24-16-31-29(32-24)38-28(30)37-2/h4-16,30H,3,17-18H2,1-2H3,(H,31,32). The first kappa shape index (κ1) is 25.8. The molecule has 2 heterocycles. The van der Waals surface area contributed by atoms with Gasteiger partial charge in [-0.25, -0.2) is 4.98 Å². The van der Waals surface area contributed by atoms with E-state index in [-0.39, 0.29) is 0 Å². The number of aromatic nitrogens is 2. The number of rotatable bonds is 10. The lowest BCUT2D eigenvalue weighted by Crippen LogP contribution is -1.99. The zero-order chi connectivity index (χ0) is 26.3. The van der Waals surface area contributed by atoms with E-state index >= 15 is 0 Å². The van der Waals surface area contributed by atoms with E-state index in [9.17, 15) is 0 Å². The van der Waals surface area contributed by atoms with E-state index in [1.54, 1.807) is 6.20 Å². The van der Waals surface area contributed by atoms with Crippen LogP contribution in [0.5, 0.6) is 17.2 Å². The Morgan fingerprint density at radius 1 is 0.921 bits per heavy atom. The lowest BCUT2D eigenvalue weighted by atomic mass is 10.2. The molecule has 38 heavy (non-hydrogen) atoms. The van der Waals surface area contributed by atoms with Gasteiger partial charge in [0, 0.05) is 12.1 Å². The average Bonchev–Trinajstić information content (AvgIpc) is 3.59. The molecule has 5 aromatic rings. The van der Waals surface area contributed by atoms with E-state index in [2.05, 4.69) is 9.97 Å². The van der Waals surface area contributed by atoms with Crippen molar-refractivity contribution in [1.29, 1.82) is 5.41 Å². The molecule has 194 valence electrons. The van der Waals surface area contributed by atoms with Crippen LogP contribution in [0.15, 0.2) is 88.6 Å². The largest absolute Gasteiger partial charge is 0.494 e. The number of ether oxygens (including phenoxy) is 3. The van der Waals surface area contributed by atoms with Crippen LogP contribution in [0.3, 0.4) is 0 Å². The number of furan rings is 1. The number of hydrogen-bond acceptors (Lipinski definition) is 8. The van der Waals surface area contributed by atoms with Gasteiger partial charge in [0.2, 0.25) is 0 Å². The van der Waals surface area contributed by atoms with Crippen molar-refractivity contribution >= 4 is 38.9 Å². The van der Waals surface area contributed by atoms with E-state index < -0.39 is 0 Å². The molecule has 0 spiro atoms. The second-order valence-corrected chi connectivity index (χ2v) is 10.4. The molecule has 0 fully saturated rings. The summed E-state index contributed by atoms with van der Waals surface area (Å²) in [5, 5.41) is 9.34. The third-order valence-corrected chi connectivity index (χ3v) is 7.32. The lowest BCUT2D eigenvalue weighted by Gasteiger charge is -2.11. The Kier molecular flexibility index (Phi) is 8.25. The molecule has 0 aliphatic carbocycles. The van der Waals surface area contributed by atoms with Crippen LogP contribution in [0.2, 0.25) is 0 Å². The van der Waals surface area contributed by atoms with Crippen LogP contribution in [0.25, 0.3) is 22.4 Å². The molecule has 5 rings (SSSR count). The number of nitrogens with zero attached hydrogens (tertiary/aromatic N) is 1. The van der Waals surface area contributed by atoms with Gasteiger partial charge >= 0.3 is 0 Å². The highest BCUT2D eigenvalue weighted by Crippen LogP contribution is 2.37. The monoisotopic (exact) mass is 545 g/mol. The van der Waals surface area contributed by atoms with Gasteiger partial charge < -0.3 is 23.6 Å². The smallest absolute Gasteiger partial charge is 0.172 e. The summed E-state index contributed by atoms with van der Waals surface area (Å²) in [6.07, 6.45) is 3.57. The van der Waals surface area contributed by atoms with Gasteiger partial charge in [0.05, 0.1) is 18.2 Å². The van der Waals surface area contributed by atoms with Gasteiger partial charge in [-0.1, -0.05) is 42.5 Å². The van der Waals surface area contributed by atoms with Crippen LogP contribution in [-0.4, -0.2) is 27.2 Å². The van der Waals surface area contributed by atoms with Gasteiger partial charge in [-0.3, -0.25) is 5.41 Å². The predicted molar refractivity (Wildman–Crippen MR) is 154 cm³/mol. The van der Waals surface area contributed by atoms with Crippen LogP contribution in [-0.2, 0) is 13.2 Å². The number of nitrogens with one attached hydrogen (secondary N) is 2. The highest BCUT2D eigenvalue weighted by molar-refractivity contribution is 8.38. The van der Waals surface area contributed by atoms with E-state index in [4.69, 9.17) is 24.0 Å². The van der Waals surface area contributed by atoms with Crippen LogP contribution in [0.4, 0.5) is 0 Å². The quantitative estimate of drug-likeness (QED) is 0.105. The molecule has 2 aromatic heterocycles. The van der Waals surface area contributed by atoms with Crippen molar-refractivity contribution in [1.82, 2.24) is 9.97 Å². The van der Waals surface area contributed by atoms with E-state index in [1.165, 1.54) is 23.5 Å². The fraction of sp³-hybridized carbons (Fsp3) is 0.172. The molecule has 3 aromatic carbocycles. The molecule has 7 nitrogen and oxygen atoms in total. The zero-order valence-corrected chi connectivity index (χ0v) is 22.7. The van der Waals surface area contributed by atoms with Crippen LogP contribution in [0, 0.1) is 5.41 Å². The summed E-state index contributed by atoms with van der Waals surface area (Å²) in [5.74, 6) is 2.75. The van der Waals surface area contributed by atoms with Gasteiger partial charge in [0.1, 0.15) is 46.1 Å². The van der Waals surface area contributed by atoms with Crippen molar-refractivity contribution in [3.8, 4) is 28.7 Å². The summed E-state index contributed by atoms with van der Waals surface area (Å²) in [6, 6.07) is 23.7. The molecule has 9 heteroatoms. The van der Waals surface area contributed by atoms with Crippen LogP contribution < -0.4 is 14.2 Å². The van der Waals surface area contributed by atoms with Gasteiger partial charge in [-0.2, -0.15) is 0 Å². The molecule has 0 atom stereocenters. The molecular weight excluding hydrogens is 518 g/mol. The predicted octanol–water partition coefficient (Wildman–Crippen LogP) is 7.77. The number of hydrogen-bond donors (Lipinski definition) is 2. The number of aromatic amines is 1. The number of thioether (sulfide) groups is 2. The van der Waals surface area contributed by atoms with E-state index in [0.717, 1.165) is 28.0 Å². The van der Waals surface area contributed by atoms with Gasteiger partial charge in [0.25, 0.3) is 0 Å². The van der Waals surface area contributed by atoms with Crippen LogP contribution in [0.1, 0.15) is 18.1 Å². The molecule has 0 amide bonds. The minimum absolute atomic E-state index is 0.357. The maximum Gasteiger partial charge on any atom is 0.172 e. The van der Waals surface area contributed by atoms with Crippen molar-refractivity contribution in [2.75, 3.05) is 12.9 Å². The van der Waals surface area contributed by atoms with E-state index in [0.29, 0.717) is 52.2 Å². The van der Waals surface area contributed by atoms with Crippen molar-refractivity contribution in [2.45, 2.75) is 25.3 Å². The summed E-state index contributed by atoms with van der Waals surface area (Å²) < 4.78 is 24.6. The number of benzene rings is 3. The van der Waals surface area contributed by atoms with Gasteiger partial charge in [-0.15, -0.1) is 11.8 Å². The van der Waals surface area contributed by atoms with Gasteiger partial charge in [0.15, 0.2) is 10.9 Å². The maximum atomic E-state index is 7.87. The van der Waals surface area contributed by atoms with Gasteiger partial charge in [-0.05, 0) is 54.3 Å². The second kappa shape index (κ2) is 12.1.